The molecule has 0 saturated carbocycles. The van der Waals surface area contributed by atoms with Crippen LogP contribution in [0.15, 0.2) is 36.4 Å². The highest BCUT2D eigenvalue weighted by molar-refractivity contribution is 5.10. The number of hydrogen-bond acceptors (Lipinski definition) is 3. The Labute approximate surface area is 95.8 Å². The molecule has 1 aliphatic heterocycles. The summed E-state index contributed by atoms with van der Waals surface area (Å²) in [6.45, 7) is 0.732. The zero-order valence-electron chi connectivity index (χ0n) is 9.30. The molecule has 0 aromatic carbocycles. The number of aliphatic hydroxyl groups is 1. The maximum atomic E-state index is 9.92. The van der Waals surface area contributed by atoms with Crippen LogP contribution in [0.1, 0.15) is 24.8 Å². The highest BCUT2D eigenvalue weighted by atomic mass is 16.5. The Morgan fingerprint density at radius 3 is 3.12 bits per heavy atom. The molecule has 3 nitrogen and oxygen atoms in total. The Kier molecular flexibility index (Phi) is 3.94. The smallest absolute Gasteiger partial charge is 0.120 e. The van der Waals surface area contributed by atoms with Crippen molar-refractivity contribution in [3.05, 3.63) is 41.9 Å². The fourth-order valence-corrected chi connectivity index (χ4v) is 1.80. The topological polar surface area (TPSA) is 42.4 Å². The third-order valence-electron chi connectivity index (χ3n) is 2.72. The van der Waals surface area contributed by atoms with Crippen molar-refractivity contribution < 1.29 is 9.84 Å². The molecule has 1 unspecified atom stereocenters. The van der Waals surface area contributed by atoms with Crippen LogP contribution in [0.25, 0.3) is 0 Å². The van der Waals surface area contributed by atoms with E-state index in [9.17, 15) is 5.11 Å². The number of rotatable bonds is 4. The second-order valence-electron chi connectivity index (χ2n) is 4.01. The van der Waals surface area contributed by atoms with Crippen molar-refractivity contribution in [3.8, 4) is 0 Å². The molecule has 1 aliphatic rings. The number of pyridine rings is 1. The molecule has 1 atom stereocenters. The Morgan fingerprint density at radius 2 is 2.44 bits per heavy atom. The molecule has 16 heavy (non-hydrogen) atoms. The van der Waals surface area contributed by atoms with E-state index < -0.39 is 6.10 Å². The summed E-state index contributed by atoms with van der Waals surface area (Å²) in [6, 6.07) is 3.94. The van der Waals surface area contributed by atoms with Crippen molar-refractivity contribution in [2.24, 2.45) is 0 Å². The van der Waals surface area contributed by atoms with Gasteiger partial charge >= 0.3 is 0 Å². The first-order chi connectivity index (χ1) is 7.86. The Balaban J connectivity index is 1.83. The third kappa shape index (κ3) is 3.07. The van der Waals surface area contributed by atoms with Crippen LogP contribution in [-0.4, -0.2) is 22.8 Å². The lowest BCUT2D eigenvalue weighted by atomic mass is 10.1. The Hall–Kier alpha value is -1.35. The molecule has 3 heteroatoms. The molecule has 0 radical (unpaired) electrons. The molecule has 0 spiro atoms. The second kappa shape index (κ2) is 5.66. The molecular weight excluding hydrogens is 202 g/mol. The molecule has 0 fully saturated rings. The Morgan fingerprint density at radius 1 is 1.50 bits per heavy atom. The van der Waals surface area contributed by atoms with E-state index in [4.69, 9.17) is 4.74 Å². The molecule has 1 aromatic heterocycles. The third-order valence-corrected chi connectivity index (χ3v) is 2.72. The Bertz CT molecular complexity index is 348. The molecule has 0 aliphatic carbocycles. The van der Waals surface area contributed by atoms with Gasteiger partial charge in [0.1, 0.15) is 11.9 Å². The predicted molar refractivity (Wildman–Crippen MR) is 61.8 cm³/mol. The van der Waals surface area contributed by atoms with Crippen LogP contribution < -0.4 is 0 Å². The minimum atomic E-state index is -0.472. The summed E-state index contributed by atoms with van der Waals surface area (Å²) in [5.41, 5.74) is 1.15. The van der Waals surface area contributed by atoms with E-state index in [1.54, 1.807) is 6.20 Å². The van der Waals surface area contributed by atoms with E-state index in [1.165, 1.54) is 0 Å². The van der Waals surface area contributed by atoms with Crippen molar-refractivity contribution in [1.82, 2.24) is 4.98 Å². The van der Waals surface area contributed by atoms with E-state index in [-0.39, 0.29) is 0 Å². The van der Waals surface area contributed by atoms with Crippen molar-refractivity contribution >= 4 is 0 Å². The SMILES string of the molecule is OC(CCc1cccnc1)C1=CCCCO1. The summed E-state index contributed by atoms with van der Waals surface area (Å²) in [7, 11) is 0. The molecular formula is C13H17NO2. The van der Waals surface area contributed by atoms with E-state index >= 15 is 0 Å². The van der Waals surface area contributed by atoms with Gasteiger partial charge in [-0.2, -0.15) is 0 Å². The zero-order valence-corrected chi connectivity index (χ0v) is 9.30. The monoisotopic (exact) mass is 219 g/mol. The minimum absolute atomic E-state index is 0.472. The van der Waals surface area contributed by atoms with Gasteiger partial charge < -0.3 is 9.84 Å². The van der Waals surface area contributed by atoms with E-state index in [1.807, 2.05) is 24.4 Å². The molecule has 0 bridgehead atoms. The van der Waals surface area contributed by atoms with E-state index in [0.29, 0.717) is 6.42 Å². The van der Waals surface area contributed by atoms with Crippen LogP contribution in [0, 0.1) is 0 Å². The van der Waals surface area contributed by atoms with Gasteiger partial charge in [-0.25, -0.2) is 0 Å². The van der Waals surface area contributed by atoms with E-state index in [2.05, 4.69) is 4.98 Å². The normalized spacial score (nSPS) is 17.4. The number of aryl methyl sites for hydroxylation is 1. The summed E-state index contributed by atoms with van der Waals surface area (Å²) < 4.78 is 5.42. The van der Waals surface area contributed by atoms with Gasteiger partial charge in [-0.05, 0) is 43.4 Å². The summed E-state index contributed by atoms with van der Waals surface area (Å²) in [6.07, 6.45) is 8.71. The highest BCUT2D eigenvalue weighted by Gasteiger charge is 2.14. The summed E-state index contributed by atoms with van der Waals surface area (Å²) in [5, 5.41) is 9.92. The van der Waals surface area contributed by atoms with Crippen LogP contribution in [0.3, 0.4) is 0 Å². The second-order valence-corrected chi connectivity index (χ2v) is 4.01. The van der Waals surface area contributed by atoms with Gasteiger partial charge in [0.2, 0.25) is 0 Å². The van der Waals surface area contributed by atoms with Gasteiger partial charge in [-0.1, -0.05) is 6.07 Å². The molecule has 1 aromatic rings. The van der Waals surface area contributed by atoms with Crippen LogP contribution in [-0.2, 0) is 11.2 Å². The molecule has 2 rings (SSSR count). The maximum absolute atomic E-state index is 9.92. The van der Waals surface area contributed by atoms with Crippen molar-refractivity contribution in [2.45, 2.75) is 31.8 Å². The largest absolute Gasteiger partial charge is 0.496 e. The molecule has 0 amide bonds. The first kappa shape index (κ1) is 11.1. The molecule has 0 saturated heterocycles. The standard InChI is InChI=1S/C13H17NO2/c15-12(13-5-1-2-9-16-13)7-6-11-4-3-8-14-10-11/h3-5,8,10,12,15H,1-2,6-7,9H2. The average molecular weight is 219 g/mol. The number of aromatic nitrogens is 1. The van der Waals surface area contributed by atoms with Gasteiger partial charge in [0.25, 0.3) is 0 Å². The summed E-state index contributed by atoms with van der Waals surface area (Å²) in [5.74, 6) is 0.746. The lowest BCUT2D eigenvalue weighted by Crippen LogP contribution is -2.17. The van der Waals surface area contributed by atoms with Gasteiger partial charge in [0.15, 0.2) is 0 Å². The maximum Gasteiger partial charge on any atom is 0.120 e. The van der Waals surface area contributed by atoms with Crippen molar-refractivity contribution in [2.75, 3.05) is 6.61 Å². The number of ether oxygens (including phenoxy) is 1. The van der Waals surface area contributed by atoms with Crippen LogP contribution in [0.4, 0.5) is 0 Å². The fraction of sp³-hybridized carbons (Fsp3) is 0.462. The van der Waals surface area contributed by atoms with E-state index in [0.717, 1.165) is 37.2 Å². The van der Waals surface area contributed by atoms with Gasteiger partial charge in [0.05, 0.1) is 6.61 Å². The highest BCUT2D eigenvalue weighted by Crippen LogP contribution is 2.17. The van der Waals surface area contributed by atoms with Crippen molar-refractivity contribution in [3.63, 3.8) is 0 Å². The van der Waals surface area contributed by atoms with Gasteiger partial charge in [-0.15, -0.1) is 0 Å². The van der Waals surface area contributed by atoms with Crippen LogP contribution in [0.5, 0.6) is 0 Å². The summed E-state index contributed by atoms with van der Waals surface area (Å²) >= 11 is 0. The number of allylic oxidation sites excluding steroid dienone is 1. The number of hydrogen-bond donors (Lipinski definition) is 1. The number of nitrogens with zero attached hydrogens (tertiary/aromatic N) is 1. The minimum Gasteiger partial charge on any atom is -0.496 e. The predicted octanol–water partition coefficient (Wildman–Crippen LogP) is 2.07. The first-order valence-corrected chi connectivity index (χ1v) is 5.76. The van der Waals surface area contributed by atoms with Gasteiger partial charge in [-0.3, -0.25) is 4.98 Å². The lowest BCUT2D eigenvalue weighted by molar-refractivity contribution is 0.0868. The summed E-state index contributed by atoms with van der Waals surface area (Å²) in [4.78, 5) is 4.05. The molecule has 2 heterocycles. The van der Waals surface area contributed by atoms with Crippen LogP contribution >= 0.6 is 0 Å². The first-order valence-electron chi connectivity index (χ1n) is 5.76. The quantitative estimate of drug-likeness (QED) is 0.843. The fourth-order valence-electron chi connectivity index (χ4n) is 1.80. The zero-order chi connectivity index (χ0) is 11.2. The van der Waals surface area contributed by atoms with Crippen LogP contribution in [0.2, 0.25) is 0 Å². The molecule has 86 valence electrons. The van der Waals surface area contributed by atoms with Gasteiger partial charge in [0, 0.05) is 12.4 Å². The molecule has 1 N–H and O–H groups in total. The van der Waals surface area contributed by atoms with Crippen molar-refractivity contribution in [1.29, 1.82) is 0 Å². The lowest BCUT2D eigenvalue weighted by Gasteiger charge is -2.19. The average Bonchev–Trinajstić information content (AvgIpc) is 2.38. The number of aliphatic hydroxyl groups excluding tert-OH is 1.